The van der Waals surface area contributed by atoms with Crippen molar-refractivity contribution in [1.82, 2.24) is 10.6 Å². The molecule has 0 spiro atoms. The lowest BCUT2D eigenvalue weighted by Gasteiger charge is -2.34. The first kappa shape index (κ1) is 25.3. The molecule has 0 unspecified atom stereocenters. The molecule has 2 amide bonds. The number of carbonyl (C=O) groups is 2. The maximum atomic E-state index is 12.4. The predicted octanol–water partition coefficient (Wildman–Crippen LogP) is 2.74. The molecule has 1 saturated carbocycles. The van der Waals surface area contributed by atoms with Gasteiger partial charge in [0.25, 0.3) is 5.91 Å². The van der Waals surface area contributed by atoms with Crippen LogP contribution in [0.5, 0.6) is 5.75 Å². The molecule has 12 heteroatoms. The van der Waals surface area contributed by atoms with Crippen LogP contribution in [0.1, 0.15) is 37.4 Å². The number of halogens is 4. The van der Waals surface area contributed by atoms with Crippen molar-refractivity contribution in [2.45, 2.75) is 56.5 Å². The average molecular weight is 493 g/mol. The Hall–Kier alpha value is -2.34. The summed E-state index contributed by atoms with van der Waals surface area (Å²) in [6, 6.07) is 4.76. The van der Waals surface area contributed by atoms with Crippen LogP contribution in [-0.2, 0) is 19.1 Å². The molecule has 1 aliphatic heterocycles. The molecule has 1 aliphatic carbocycles. The molecule has 2 aliphatic rings. The number of fused-ring (bicyclic) bond motifs is 1. The summed E-state index contributed by atoms with van der Waals surface area (Å²) < 4.78 is 50.9. The van der Waals surface area contributed by atoms with Crippen LogP contribution in [0.15, 0.2) is 30.5 Å². The standard InChI is InChI=1S/C21H24ClF3N2O6/c1-11(4-5-26-19(29)10-31-13-7-14(8-13)33-21(23,24)25)27-20(30)18-9-16(28)15-6-12(22)2-3-17(15)32-18/h2-3,6,13-14,16,18,28H,1,4-5,7-10H2,(H,26,29)(H,27,30)/t13?,14?,16-,18+/m1/s1. The summed E-state index contributed by atoms with van der Waals surface area (Å²) in [5.41, 5.74) is 0.855. The summed E-state index contributed by atoms with van der Waals surface area (Å²) in [4.78, 5) is 24.2. The fraction of sp³-hybridized carbons (Fsp3) is 0.524. The normalized spacial score (nSPS) is 24.2. The van der Waals surface area contributed by atoms with Gasteiger partial charge in [0.15, 0.2) is 6.10 Å². The third-order valence-electron chi connectivity index (χ3n) is 5.18. The molecule has 182 valence electrons. The number of amides is 2. The zero-order valence-corrected chi connectivity index (χ0v) is 18.2. The van der Waals surface area contributed by atoms with Gasteiger partial charge >= 0.3 is 6.36 Å². The Morgan fingerprint density at radius 1 is 1.24 bits per heavy atom. The number of aliphatic hydroxyl groups excluding tert-OH is 1. The Balaban J connectivity index is 1.30. The van der Waals surface area contributed by atoms with Gasteiger partial charge in [0, 0.05) is 48.5 Å². The molecule has 2 atom stereocenters. The van der Waals surface area contributed by atoms with Gasteiger partial charge < -0.3 is 25.2 Å². The first-order valence-electron chi connectivity index (χ1n) is 10.3. The highest BCUT2D eigenvalue weighted by molar-refractivity contribution is 6.30. The fourth-order valence-corrected chi connectivity index (χ4v) is 3.61. The average Bonchev–Trinajstić information content (AvgIpc) is 2.69. The number of carbonyl (C=O) groups excluding carboxylic acids is 2. The molecule has 1 aromatic rings. The smallest absolute Gasteiger partial charge is 0.480 e. The summed E-state index contributed by atoms with van der Waals surface area (Å²) in [5, 5.41) is 15.9. The lowest BCUT2D eigenvalue weighted by molar-refractivity contribution is -0.357. The van der Waals surface area contributed by atoms with Crippen molar-refractivity contribution in [2.24, 2.45) is 0 Å². The first-order valence-corrected chi connectivity index (χ1v) is 10.6. The van der Waals surface area contributed by atoms with Crippen LogP contribution in [0, 0.1) is 0 Å². The van der Waals surface area contributed by atoms with Crippen molar-refractivity contribution in [1.29, 1.82) is 0 Å². The number of rotatable bonds is 9. The molecular weight excluding hydrogens is 469 g/mol. The van der Waals surface area contributed by atoms with Gasteiger partial charge in [-0.2, -0.15) is 0 Å². The lowest BCUT2D eigenvalue weighted by Crippen LogP contribution is -2.42. The number of aliphatic hydroxyl groups is 1. The fourth-order valence-electron chi connectivity index (χ4n) is 3.43. The molecule has 1 aromatic carbocycles. The highest BCUT2D eigenvalue weighted by Gasteiger charge is 2.40. The summed E-state index contributed by atoms with van der Waals surface area (Å²) in [5.74, 6) is -0.544. The lowest BCUT2D eigenvalue weighted by atomic mass is 9.92. The quantitative estimate of drug-likeness (QED) is 0.489. The van der Waals surface area contributed by atoms with Gasteiger partial charge in [0.2, 0.25) is 5.91 Å². The Morgan fingerprint density at radius 2 is 1.97 bits per heavy atom. The second-order valence-corrected chi connectivity index (χ2v) is 8.26. The number of hydrogen-bond acceptors (Lipinski definition) is 6. The number of ether oxygens (including phenoxy) is 3. The van der Waals surface area contributed by atoms with Crippen LogP contribution >= 0.6 is 11.6 Å². The molecule has 0 bridgehead atoms. The second-order valence-electron chi connectivity index (χ2n) is 7.82. The minimum absolute atomic E-state index is 0.0521. The van der Waals surface area contributed by atoms with Crippen molar-refractivity contribution in [2.75, 3.05) is 13.2 Å². The van der Waals surface area contributed by atoms with E-state index in [0.717, 1.165) is 0 Å². The molecule has 3 N–H and O–H groups in total. The van der Waals surface area contributed by atoms with Gasteiger partial charge in [0.1, 0.15) is 12.4 Å². The van der Waals surface area contributed by atoms with Crippen molar-refractivity contribution < 1.29 is 42.1 Å². The molecule has 1 fully saturated rings. The van der Waals surface area contributed by atoms with E-state index in [9.17, 15) is 27.9 Å². The summed E-state index contributed by atoms with van der Waals surface area (Å²) in [7, 11) is 0. The highest BCUT2D eigenvalue weighted by Crippen LogP contribution is 2.36. The van der Waals surface area contributed by atoms with Crippen molar-refractivity contribution in [3.05, 3.63) is 41.1 Å². The van der Waals surface area contributed by atoms with Gasteiger partial charge in [-0.05, 0) is 18.2 Å². The van der Waals surface area contributed by atoms with E-state index in [1.165, 1.54) is 0 Å². The Labute approximate surface area is 193 Å². The van der Waals surface area contributed by atoms with Crippen molar-refractivity contribution in [3.63, 3.8) is 0 Å². The SMILES string of the molecule is C=C(CCNC(=O)COC1CC(OC(F)(F)F)C1)NC(=O)[C@@H]1C[C@@H](O)c2cc(Cl)ccc2O1. The van der Waals surface area contributed by atoms with E-state index >= 15 is 0 Å². The Kier molecular flexibility index (Phi) is 8.22. The maximum Gasteiger partial charge on any atom is 0.522 e. The van der Waals surface area contributed by atoms with Crippen LogP contribution in [0.25, 0.3) is 0 Å². The van der Waals surface area contributed by atoms with Gasteiger partial charge in [-0.25, -0.2) is 0 Å². The third kappa shape index (κ3) is 7.60. The molecule has 1 heterocycles. The summed E-state index contributed by atoms with van der Waals surface area (Å²) in [6.45, 7) is 3.62. The van der Waals surface area contributed by atoms with Gasteiger partial charge in [0.05, 0.1) is 18.3 Å². The predicted molar refractivity (Wildman–Crippen MR) is 110 cm³/mol. The van der Waals surface area contributed by atoms with E-state index in [2.05, 4.69) is 21.9 Å². The van der Waals surface area contributed by atoms with E-state index in [1.807, 2.05) is 0 Å². The Morgan fingerprint density at radius 3 is 2.67 bits per heavy atom. The van der Waals surface area contributed by atoms with Crippen LogP contribution in [0.3, 0.4) is 0 Å². The number of hydrogen-bond donors (Lipinski definition) is 3. The molecule has 0 saturated heterocycles. The topological polar surface area (TPSA) is 106 Å². The molecule has 0 radical (unpaired) electrons. The summed E-state index contributed by atoms with van der Waals surface area (Å²) in [6.07, 6.45) is -7.44. The maximum absolute atomic E-state index is 12.4. The van der Waals surface area contributed by atoms with Gasteiger partial charge in [-0.15, -0.1) is 13.2 Å². The third-order valence-corrected chi connectivity index (χ3v) is 5.42. The van der Waals surface area contributed by atoms with Gasteiger partial charge in [-0.1, -0.05) is 18.2 Å². The highest BCUT2D eigenvalue weighted by atomic mass is 35.5. The summed E-state index contributed by atoms with van der Waals surface area (Å²) >= 11 is 5.91. The largest absolute Gasteiger partial charge is 0.522 e. The van der Waals surface area contributed by atoms with Crippen LogP contribution in [0.4, 0.5) is 13.2 Å². The van der Waals surface area contributed by atoms with Crippen molar-refractivity contribution in [3.8, 4) is 5.75 Å². The molecule has 8 nitrogen and oxygen atoms in total. The van der Waals surface area contributed by atoms with Crippen LogP contribution in [0.2, 0.25) is 5.02 Å². The van der Waals surface area contributed by atoms with Gasteiger partial charge in [-0.3, -0.25) is 14.3 Å². The first-order chi connectivity index (χ1) is 15.5. The van der Waals surface area contributed by atoms with Crippen molar-refractivity contribution >= 4 is 23.4 Å². The van der Waals surface area contributed by atoms with Crippen LogP contribution < -0.4 is 15.4 Å². The van der Waals surface area contributed by atoms with E-state index in [-0.39, 0.29) is 38.8 Å². The zero-order chi connectivity index (χ0) is 24.2. The minimum Gasteiger partial charge on any atom is -0.480 e. The van der Waals surface area contributed by atoms with E-state index in [1.54, 1.807) is 18.2 Å². The van der Waals surface area contributed by atoms with Crippen LogP contribution in [-0.4, -0.2) is 54.7 Å². The zero-order valence-electron chi connectivity index (χ0n) is 17.5. The molecule has 33 heavy (non-hydrogen) atoms. The minimum atomic E-state index is -4.67. The number of benzene rings is 1. The second kappa shape index (κ2) is 10.7. The number of nitrogens with one attached hydrogen (secondary N) is 2. The Bertz CT molecular complexity index is 891. The van der Waals surface area contributed by atoms with E-state index < -0.39 is 42.6 Å². The monoisotopic (exact) mass is 492 g/mol. The van der Waals surface area contributed by atoms with E-state index in [4.69, 9.17) is 21.1 Å². The molecular formula is C21H24ClF3N2O6. The molecule has 0 aromatic heterocycles. The van der Waals surface area contributed by atoms with E-state index in [0.29, 0.717) is 22.0 Å². The molecule has 3 rings (SSSR count). The number of alkyl halides is 3.